The predicted molar refractivity (Wildman–Crippen MR) is 48.0 cm³/mol. The molecule has 0 aromatic heterocycles. The monoisotopic (exact) mass is 208 g/mol. The average Bonchev–Trinajstić information content (AvgIpc) is 1.59. The number of nitrogens with zero attached hydrogens (tertiary/aromatic N) is 1. The minimum absolute atomic E-state index is 0. The minimum Gasteiger partial charge on any atom is -1.00 e. The van der Waals surface area contributed by atoms with Crippen LogP contribution in [0.1, 0.15) is 0 Å². The Morgan fingerprint density at radius 3 is 1.38 bits per heavy atom. The normalized spacial score (nSPS) is 7.38. The Kier molecular flexibility index (Phi) is 52.7. The summed E-state index contributed by atoms with van der Waals surface area (Å²) >= 11 is 0. The topological polar surface area (TPSA) is 9.23 Å². The van der Waals surface area contributed by atoms with Crippen molar-refractivity contribution in [1.82, 2.24) is 0 Å². The second-order valence-electron chi connectivity index (χ2n) is 3.01. The van der Waals surface area contributed by atoms with Crippen molar-refractivity contribution in [2.24, 2.45) is 0 Å². The van der Waals surface area contributed by atoms with Gasteiger partial charge in [0.05, 0.1) is 27.7 Å². The largest absolute Gasteiger partial charge is 1.00 e. The van der Waals surface area contributed by atoms with Crippen LogP contribution in [0, 0.1) is 0 Å². The van der Waals surface area contributed by atoms with Crippen LogP contribution >= 0.6 is 0 Å². The fourth-order valence-electron chi connectivity index (χ4n) is 0.365. The molecule has 0 spiro atoms. The number of halogens is 4. The molecule has 0 aromatic carbocycles. The molecule has 0 aliphatic carbocycles. The van der Waals surface area contributed by atoms with Gasteiger partial charge in [-0.25, -0.2) is 0 Å². The van der Waals surface area contributed by atoms with Crippen LogP contribution in [0.5, 0.6) is 0 Å². The molecule has 13 heavy (non-hydrogen) atoms. The Labute approximate surface area is 78.9 Å². The minimum atomic E-state index is 0. The van der Waals surface area contributed by atoms with Gasteiger partial charge in [-0.15, -0.1) is 0 Å². The molecule has 0 heterocycles. The summed E-state index contributed by atoms with van der Waals surface area (Å²) in [6.07, 6.45) is 0. The van der Waals surface area contributed by atoms with E-state index in [2.05, 4.69) is 21.1 Å². The summed E-state index contributed by atoms with van der Waals surface area (Å²) in [6.45, 7) is 1.93. The second kappa shape index (κ2) is 17.7. The number of likely N-dealkylation sites (N-methyl/N-ethyl adjacent to an activating group) is 1. The van der Waals surface area contributed by atoms with Gasteiger partial charge in [0.1, 0.15) is 6.54 Å². The fraction of sp³-hybridized carbons (Fsp3) is 1.00. The van der Waals surface area contributed by atoms with Crippen molar-refractivity contribution in [1.29, 1.82) is 0 Å². The molecular weight excluding hydrogens is 189 g/mol. The number of quaternary nitrogens is 1. The van der Waals surface area contributed by atoms with Crippen molar-refractivity contribution < 1.29 is 28.0 Å². The number of hydrogen-bond donors (Lipinski definition) is 0. The van der Waals surface area contributed by atoms with E-state index >= 15 is 0 Å². The molecule has 0 aromatic rings. The first kappa shape index (κ1) is 38.7. The van der Waals surface area contributed by atoms with Crippen LogP contribution in [0.2, 0.25) is 0 Å². The SMILES string of the molecule is COCC[N+](C)(C)C.F.F.F.[B].[F-]. The molecule has 0 saturated carbocycles. The van der Waals surface area contributed by atoms with Gasteiger partial charge in [-0.2, -0.15) is 0 Å². The lowest BCUT2D eigenvalue weighted by Crippen LogP contribution is -3.00. The maximum Gasteiger partial charge on any atom is 0.102 e. The zero-order valence-corrected chi connectivity index (χ0v) is 8.45. The Bertz CT molecular complexity index is 72.1. The lowest BCUT2D eigenvalue weighted by molar-refractivity contribution is -0.870. The maximum absolute atomic E-state index is 4.90. The number of rotatable bonds is 3. The summed E-state index contributed by atoms with van der Waals surface area (Å²) in [4.78, 5) is 0. The lowest BCUT2D eigenvalue weighted by atomic mass is 10.5. The molecule has 2 nitrogen and oxygen atoms in total. The molecule has 0 fully saturated rings. The Hall–Kier alpha value is -0.295. The van der Waals surface area contributed by atoms with Crippen LogP contribution in [0.3, 0.4) is 0 Å². The lowest BCUT2D eigenvalue weighted by Gasteiger charge is -2.22. The van der Waals surface area contributed by atoms with E-state index in [0.29, 0.717) is 0 Å². The summed E-state index contributed by atoms with van der Waals surface area (Å²) in [5, 5.41) is 0. The molecule has 85 valence electrons. The predicted octanol–water partition coefficient (Wildman–Crippen LogP) is -2.58. The van der Waals surface area contributed by atoms with E-state index in [1.807, 2.05) is 0 Å². The molecule has 0 unspecified atom stereocenters. The molecular formula is C6H19BF4NO. The van der Waals surface area contributed by atoms with E-state index in [1.54, 1.807) is 7.11 Å². The molecule has 7 heteroatoms. The number of methoxy groups -OCH3 is 1. The van der Waals surface area contributed by atoms with Gasteiger partial charge in [0, 0.05) is 15.5 Å². The Morgan fingerprint density at radius 2 is 1.31 bits per heavy atom. The van der Waals surface area contributed by atoms with Crippen LogP contribution in [-0.4, -0.2) is 54.3 Å². The van der Waals surface area contributed by atoms with Gasteiger partial charge in [-0.3, -0.25) is 14.1 Å². The van der Waals surface area contributed by atoms with Crippen molar-refractivity contribution >= 4 is 8.41 Å². The second-order valence-corrected chi connectivity index (χ2v) is 3.01. The number of hydrogen-bond acceptors (Lipinski definition) is 1. The molecule has 0 N–H and O–H groups in total. The van der Waals surface area contributed by atoms with E-state index in [4.69, 9.17) is 4.74 Å². The average molecular weight is 208 g/mol. The molecule has 0 rings (SSSR count). The van der Waals surface area contributed by atoms with Crippen molar-refractivity contribution in [3.8, 4) is 0 Å². The van der Waals surface area contributed by atoms with Crippen molar-refractivity contribution in [3.05, 3.63) is 0 Å². The summed E-state index contributed by atoms with van der Waals surface area (Å²) < 4.78 is 5.88. The van der Waals surface area contributed by atoms with E-state index in [9.17, 15) is 0 Å². The first-order valence-corrected chi connectivity index (χ1v) is 2.85. The van der Waals surface area contributed by atoms with Crippen LogP contribution < -0.4 is 4.70 Å². The van der Waals surface area contributed by atoms with E-state index in [1.165, 1.54) is 0 Å². The van der Waals surface area contributed by atoms with Gasteiger partial charge in [0.2, 0.25) is 0 Å². The van der Waals surface area contributed by atoms with E-state index in [-0.39, 0.29) is 27.2 Å². The van der Waals surface area contributed by atoms with Crippen molar-refractivity contribution in [3.63, 3.8) is 0 Å². The highest BCUT2D eigenvalue weighted by Crippen LogP contribution is 1.87. The van der Waals surface area contributed by atoms with Crippen LogP contribution in [-0.2, 0) is 4.74 Å². The van der Waals surface area contributed by atoms with Crippen LogP contribution in [0.15, 0.2) is 0 Å². The molecule has 0 atom stereocenters. The van der Waals surface area contributed by atoms with Crippen LogP contribution in [0.25, 0.3) is 0 Å². The third-order valence-corrected chi connectivity index (χ3v) is 0.966. The summed E-state index contributed by atoms with van der Waals surface area (Å²) in [7, 11) is 8.19. The maximum atomic E-state index is 4.90. The first-order valence-electron chi connectivity index (χ1n) is 2.85. The number of ether oxygens (including phenoxy) is 1. The third-order valence-electron chi connectivity index (χ3n) is 0.966. The summed E-state index contributed by atoms with van der Waals surface area (Å²) in [6, 6.07) is 0. The zero-order chi connectivity index (χ0) is 6.62. The zero-order valence-electron chi connectivity index (χ0n) is 8.45. The van der Waals surface area contributed by atoms with Crippen LogP contribution in [0.4, 0.5) is 14.1 Å². The van der Waals surface area contributed by atoms with Gasteiger partial charge in [-0.1, -0.05) is 0 Å². The summed E-state index contributed by atoms with van der Waals surface area (Å²) in [5.74, 6) is 0. The third kappa shape index (κ3) is 49.8. The smallest absolute Gasteiger partial charge is 0.102 e. The van der Waals surface area contributed by atoms with Gasteiger partial charge >= 0.3 is 0 Å². The Morgan fingerprint density at radius 1 is 1.00 bits per heavy atom. The van der Waals surface area contributed by atoms with E-state index < -0.39 is 0 Å². The van der Waals surface area contributed by atoms with Gasteiger partial charge in [0.25, 0.3) is 0 Å². The molecule has 0 amide bonds. The molecule has 0 bridgehead atoms. The first-order chi connectivity index (χ1) is 3.56. The molecule has 0 aliphatic rings. The molecule has 0 aliphatic heterocycles. The van der Waals surface area contributed by atoms with Crippen molar-refractivity contribution in [2.45, 2.75) is 0 Å². The van der Waals surface area contributed by atoms with Crippen molar-refractivity contribution in [2.75, 3.05) is 41.4 Å². The van der Waals surface area contributed by atoms with Gasteiger partial charge in [-0.05, 0) is 0 Å². The molecule has 0 saturated heterocycles. The quantitative estimate of drug-likeness (QED) is 0.281. The standard InChI is InChI=1S/C6H16NO.B.4FH/c1-7(2,3)5-6-8-4;;;;;/h5-6H2,1-4H3;;4*1H/q+1;;;;;/p-1. The highest BCUT2D eigenvalue weighted by Gasteiger charge is 2.03. The highest BCUT2D eigenvalue weighted by atomic mass is 19.0. The van der Waals surface area contributed by atoms with E-state index in [0.717, 1.165) is 17.6 Å². The summed E-state index contributed by atoms with van der Waals surface area (Å²) in [5.41, 5.74) is 0. The highest BCUT2D eigenvalue weighted by molar-refractivity contribution is 5.75. The Balaban J connectivity index is -0.0000000245. The van der Waals surface area contributed by atoms with Gasteiger partial charge in [0.15, 0.2) is 0 Å². The molecule has 3 radical (unpaired) electrons. The van der Waals surface area contributed by atoms with Gasteiger partial charge < -0.3 is 13.9 Å². The fourth-order valence-corrected chi connectivity index (χ4v) is 0.365.